The van der Waals surface area contributed by atoms with Gasteiger partial charge in [-0.05, 0) is 29.8 Å². The Morgan fingerprint density at radius 3 is 2.21 bits per heavy atom. The van der Waals surface area contributed by atoms with E-state index in [4.69, 9.17) is 11.6 Å². The molecular weight excluding hydrogens is 291 g/mol. The highest BCUT2D eigenvalue weighted by atomic mass is 35.5. The number of hydrogen-bond donors (Lipinski definition) is 1. The summed E-state index contributed by atoms with van der Waals surface area (Å²) in [6.45, 7) is -2.78. The first-order valence-electron chi connectivity index (χ1n) is 5.12. The summed E-state index contributed by atoms with van der Waals surface area (Å²) in [4.78, 5) is 0. The topological polar surface area (TPSA) is 20.2 Å². The molecule has 0 heterocycles. The van der Waals surface area contributed by atoms with Crippen LogP contribution in [0.25, 0.3) is 6.08 Å². The molecule has 0 atom stereocenters. The van der Waals surface area contributed by atoms with Crippen molar-refractivity contribution in [3.8, 4) is 0 Å². The van der Waals surface area contributed by atoms with E-state index in [1.54, 1.807) is 0 Å². The van der Waals surface area contributed by atoms with Crippen LogP contribution in [-0.4, -0.2) is 24.1 Å². The summed E-state index contributed by atoms with van der Waals surface area (Å²) in [6, 6.07) is 2.54. The molecule has 1 nitrogen and oxygen atoms in total. The molecule has 0 bridgehead atoms. The number of hydrogen-bond acceptors (Lipinski definition) is 1. The Kier molecular flexibility index (Phi) is 4.92. The van der Waals surface area contributed by atoms with Crippen LogP contribution in [0.1, 0.15) is 11.1 Å². The molecule has 0 aliphatic heterocycles. The number of benzene rings is 1. The van der Waals surface area contributed by atoms with E-state index in [1.165, 1.54) is 0 Å². The van der Waals surface area contributed by atoms with Gasteiger partial charge in [-0.1, -0.05) is 17.7 Å². The standard InChI is InChI=1S/C12H10ClF5O/c13-10-2-1-9(12(16,17)18)5-8(10)3-4-11(19,6-14)7-15/h1-5,19H,6-7H2. The summed E-state index contributed by atoms with van der Waals surface area (Å²) in [5, 5.41) is 9.28. The molecule has 0 fully saturated rings. The van der Waals surface area contributed by atoms with Gasteiger partial charge >= 0.3 is 6.18 Å². The lowest BCUT2D eigenvalue weighted by Crippen LogP contribution is -2.30. The van der Waals surface area contributed by atoms with Crippen LogP contribution in [-0.2, 0) is 6.18 Å². The molecule has 7 heteroatoms. The highest BCUT2D eigenvalue weighted by molar-refractivity contribution is 6.32. The predicted molar refractivity (Wildman–Crippen MR) is 62.4 cm³/mol. The largest absolute Gasteiger partial charge is 0.416 e. The van der Waals surface area contributed by atoms with E-state index >= 15 is 0 Å². The van der Waals surface area contributed by atoms with E-state index in [2.05, 4.69) is 0 Å². The third-order valence-corrected chi connectivity index (χ3v) is 2.70. The Labute approximate surface area is 111 Å². The molecule has 0 saturated carbocycles. The molecule has 106 valence electrons. The maximum Gasteiger partial charge on any atom is 0.416 e. The minimum Gasteiger partial charge on any atom is -0.380 e. The zero-order chi connectivity index (χ0) is 14.7. The van der Waals surface area contributed by atoms with Crippen molar-refractivity contribution in [2.45, 2.75) is 11.8 Å². The zero-order valence-electron chi connectivity index (χ0n) is 9.52. The molecule has 0 amide bonds. The summed E-state index contributed by atoms with van der Waals surface area (Å²) in [6.07, 6.45) is -2.85. The van der Waals surface area contributed by atoms with Gasteiger partial charge < -0.3 is 5.11 Å². The van der Waals surface area contributed by atoms with Gasteiger partial charge in [0, 0.05) is 5.02 Å². The van der Waals surface area contributed by atoms with Crippen LogP contribution in [0, 0.1) is 0 Å². The van der Waals surface area contributed by atoms with E-state index in [0.717, 1.165) is 30.4 Å². The van der Waals surface area contributed by atoms with Crippen molar-refractivity contribution in [1.29, 1.82) is 0 Å². The first-order valence-corrected chi connectivity index (χ1v) is 5.50. The molecule has 1 aromatic carbocycles. The van der Waals surface area contributed by atoms with Gasteiger partial charge in [-0.15, -0.1) is 0 Å². The Morgan fingerprint density at radius 2 is 1.74 bits per heavy atom. The molecule has 0 saturated heterocycles. The molecular formula is C12H10ClF5O. The Balaban J connectivity index is 3.11. The van der Waals surface area contributed by atoms with Gasteiger partial charge in [-0.25, -0.2) is 8.78 Å². The fraction of sp³-hybridized carbons (Fsp3) is 0.333. The fourth-order valence-electron chi connectivity index (χ4n) is 1.22. The molecule has 0 aromatic heterocycles. The van der Waals surface area contributed by atoms with Gasteiger partial charge in [0.1, 0.15) is 19.0 Å². The molecule has 19 heavy (non-hydrogen) atoms. The van der Waals surface area contributed by atoms with E-state index < -0.39 is 30.7 Å². The van der Waals surface area contributed by atoms with E-state index in [1.807, 2.05) is 0 Å². The number of aliphatic hydroxyl groups is 1. The van der Waals surface area contributed by atoms with Crippen LogP contribution < -0.4 is 0 Å². The lowest BCUT2D eigenvalue weighted by Gasteiger charge is -2.16. The molecule has 0 aliphatic carbocycles. The average Bonchev–Trinajstić information content (AvgIpc) is 2.36. The lowest BCUT2D eigenvalue weighted by atomic mass is 10.0. The van der Waals surface area contributed by atoms with Crippen molar-refractivity contribution in [2.24, 2.45) is 0 Å². The minimum absolute atomic E-state index is 0.0238. The summed E-state index contributed by atoms with van der Waals surface area (Å²) in [5.74, 6) is 0. The van der Waals surface area contributed by atoms with Crippen LogP contribution in [0.3, 0.4) is 0 Å². The summed E-state index contributed by atoms with van der Waals surface area (Å²) in [5.41, 5.74) is -3.38. The van der Waals surface area contributed by atoms with Crippen LogP contribution >= 0.6 is 11.6 Å². The zero-order valence-corrected chi connectivity index (χ0v) is 10.3. The molecule has 1 aromatic rings. The first kappa shape index (κ1) is 15.9. The molecule has 0 unspecified atom stereocenters. The predicted octanol–water partition coefficient (Wildman–Crippen LogP) is 4.04. The Morgan fingerprint density at radius 1 is 1.16 bits per heavy atom. The van der Waals surface area contributed by atoms with Crippen LogP contribution in [0.15, 0.2) is 24.3 Å². The number of rotatable bonds is 4. The molecule has 0 spiro atoms. The van der Waals surface area contributed by atoms with Gasteiger partial charge in [-0.3, -0.25) is 0 Å². The number of alkyl halides is 5. The molecule has 0 radical (unpaired) electrons. The summed E-state index contributed by atoms with van der Waals surface area (Å²) < 4.78 is 62.1. The maximum absolute atomic E-state index is 12.5. The van der Waals surface area contributed by atoms with Crippen molar-refractivity contribution < 1.29 is 27.1 Å². The van der Waals surface area contributed by atoms with Gasteiger partial charge in [0.05, 0.1) is 5.56 Å². The smallest absolute Gasteiger partial charge is 0.380 e. The van der Waals surface area contributed by atoms with Gasteiger partial charge in [0.25, 0.3) is 0 Å². The van der Waals surface area contributed by atoms with Crippen molar-refractivity contribution in [3.63, 3.8) is 0 Å². The van der Waals surface area contributed by atoms with E-state index in [9.17, 15) is 27.1 Å². The van der Waals surface area contributed by atoms with Crippen molar-refractivity contribution in [1.82, 2.24) is 0 Å². The van der Waals surface area contributed by atoms with Crippen LogP contribution in [0.2, 0.25) is 5.02 Å². The fourth-order valence-corrected chi connectivity index (χ4v) is 1.40. The highest BCUT2D eigenvalue weighted by Crippen LogP contribution is 2.32. The second-order valence-electron chi connectivity index (χ2n) is 3.94. The maximum atomic E-state index is 12.5. The van der Waals surface area contributed by atoms with E-state index in [-0.39, 0.29) is 10.6 Å². The van der Waals surface area contributed by atoms with Gasteiger partial charge in [0.2, 0.25) is 0 Å². The first-order chi connectivity index (χ1) is 8.72. The summed E-state index contributed by atoms with van der Waals surface area (Å²) >= 11 is 5.67. The third-order valence-electron chi connectivity index (χ3n) is 2.36. The highest BCUT2D eigenvalue weighted by Gasteiger charge is 2.31. The third kappa shape index (κ3) is 4.18. The number of halogens is 6. The quantitative estimate of drug-likeness (QED) is 0.832. The summed E-state index contributed by atoms with van der Waals surface area (Å²) in [7, 11) is 0. The van der Waals surface area contributed by atoms with Crippen LogP contribution in [0.5, 0.6) is 0 Å². The van der Waals surface area contributed by atoms with Crippen molar-refractivity contribution >= 4 is 17.7 Å². The average molecular weight is 301 g/mol. The Hall–Kier alpha value is -1.14. The van der Waals surface area contributed by atoms with Gasteiger partial charge in [0.15, 0.2) is 0 Å². The second-order valence-corrected chi connectivity index (χ2v) is 4.35. The monoisotopic (exact) mass is 300 g/mol. The second kappa shape index (κ2) is 5.88. The molecule has 0 aliphatic rings. The molecule has 1 N–H and O–H groups in total. The minimum atomic E-state index is -4.55. The lowest BCUT2D eigenvalue weighted by molar-refractivity contribution is -0.137. The van der Waals surface area contributed by atoms with Crippen molar-refractivity contribution in [3.05, 3.63) is 40.4 Å². The SMILES string of the molecule is OC(C=Cc1cc(C(F)(F)F)ccc1Cl)(CF)CF. The van der Waals surface area contributed by atoms with E-state index in [0.29, 0.717) is 0 Å². The van der Waals surface area contributed by atoms with Crippen LogP contribution in [0.4, 0.5) is 22.0 Å². The molecule has 1 rings (SSSR count). The van der Waals surface area contributed by atoms with Gasteiger partial charge in [-0.2, -0.15) is 13.2 Å². The normalized spacial score (nSPS) is 13.2. The van der Waals surface area contributed by atoms with Crippen molar-refractivity contribution in [2.75, 3.05) is 13.3 Å². The Bertz CT molecular complexity index is 466.